The largest absolute Gasteiger partial charge is 0.461 e. The summed E-state index contributed by atoms with van der Waals surface area (Å²) in [6, 6.07) is 1.74. The molecule has 3 aliphatic rings. The summed E-state index contributed by atoms with van der Waals surface area (Å²) in [7, 11) is 1.41. The number of ether oxygens (including phenoxy) is 1. The fourth-order valence-electron chi connectivity index (χ4n) is 7.35. The van der Waals surface area contributed by atoms with Crippen molar-refractivity contribution in [2.24, 2.45) is 0 Å². The Bertz CT molecular complexity index is 1830. The molecule has 308 valence electrons. The fraction of sp³-hybridized carbons (Fsp3) is 0.525. The van der Waals surface area contributed by atoms with Gasteiger partial charge in [-0.15, -0.1) is 0 Å². The van der Waals surface area contributed by atoms with Crippen LogP contribution in [0.5, 0.6) is 0 Å². The number of amides is 7. The number of unbranched alkanes of at least 4 members (excludes halogenated alkanes) is 1. The Morgan fingerprint density at radius 3 is 2.16 bits per heavy atom. The van der Waals surface area contributed by atoms with Crippen LogP contribution in [0.4, 0.5) is 19.3 Å². The molecule has 5 rings (SSSR count). The molecule has 57 heavy (non-hydrogen) atoms. The van der Waals surface area contributed by atoms with Crippen molar-refractivity contribution in [1.29, 1.82) is 0 Å². The van der Waals surface area contributed by atoms with E-state index in [9.17, 15) is 42.3 Å². The van der Waals surface area contributed by atoms with Gasteiger partial charge < -0.3 is 40.7 Å². The molecular weight excluding hydrogens is 744 g/mol. The van der Waals surface area contributed by atoms with E-state index in [1.54, 1.807) is 12.1 Å². The lowest BCUT2D eigenvalue weighted by Crippen LogP contribution is -2.60. The van der Waals surface area contributed by atoms with E-state index in [4.69, 9.17) is 4.74 Å². The minimum absolute atomic E-state index is 0.0237. The van der Waals surface area contributed by atoms with Gasteiger partial charge in [-0.05, 0) is 87.8 Å². The molecule has 1 unspecified atom stereocenters. The number of cyclic esters (lactones) is 1. The van der Waals surface area contributed by atoms with Crippen LogP contribution in [0.25, 0.3) is 0 Å². The summed E-state index contributed by atoms with van der Waals surface area (Å²) in [5.41, 5.74) is 1.51. The number of urea groups is 1. The maximum absolute atomic E-state index is 14.3. The maximum Gasteiger partial charge on any atom is 0.328 e. The molecule has 3 fully saturated rings. The second-order valence-corrected chi connectivity index (χ2v) is 14.9. The highest BCUT2D eigenvalue weighted by atomic mass is 19.1. The van der Waals surface area contributed by atoms with Gasteiger partial charge in [0.1, 0.15) is 54.5 Å². The molecule has 0 radical (unpaired) electrons. The van der Waals surface area contributed by atoms with E-state index in [-0.39, 0.29) is 31.5 Å². The van der Waals surface area contributed by atoms with Crippen LogP contribution >= 0.6 is 0 Å². The van der Waals surface area contributed by atoms with E-state index >= 15 is 0 Å². The molecule has 0 bridgehead atoms. The average Bonchev–Trinajstić information content (AvgIpc) is 3.88. The zero-order chi connectivity index (χ0) is 41.4. The SMILES string of the molecule is CCCCc1ccc(NC(=O)N[C@@H](Cc2cc(F)cc(F)c2)C(=O)NC2COC(=O)[C@@H]3CCCN3C(=O)[C@H](C)NC(=O)[C@H](C)N(C)C(=O)[C@@H]3CCCN3C2=O)cc1. The predicted octanol–water partition coefficient (Wildman–Crippen LogP) is 2.42. The molecule has 0 spiro atoms. The van der Waals surface area contributed by atoms with E-state index in [1.165, 1.54) is 35.6 Å². The number of benzene rings is 2. The molecule has 0 aromatic heterocycles. The van der Waals surface area contributed by atoms with Crippen LogP contribution in [0.1, 0.15) is 70.4 Å². The molecule has 15 nitrogen and oxygen atoms in total. The monoisotopic (exact) mass is 795 g/mol. The fourth-order valence-corrected chi connectivity index (χ4v) is 7.35. The summed E-state index contributed by atoms with van der Waals surface area (Å²) in [5.74, 6) is -6.09. The third-order valence-corrected chi connectivity index (χ3v) is 10.7. The number of anilines is 1. The highest BCUT2D eigenvalue weighted by Crippen LogP contribution is 2.24. The summed E-state index contributed by atoms with van der Waals surface area (Å²) < 4.78 is 34.1. The molecule has 17 heteroatoms. The van der Waals surface area contributed by atoms with Crippen molar-refractivity contribution < 1.29 is 47.1 Å². The van der Waals surface area contributed by atoms with Crippen LogP contribution in [-0.2, 0) is 46.3 Å². The summed E-state index contributed by atoms with van der Waals surface area (Å²) in [6.45, 7) is 4.67. The van der Waals surface area contributed by atoms with E-state index in [0.717, 1.165) is 37.0 Å². The van der Waals surface area contributed by atoms with Gasteiger partial charge in [-0.2, -0.15) is 0 Å². The van der Waals surface area contributed by atoms with E-state index in [0.29, 0.717) is 24.6 Å². The number of carbonyl (C=O) groups excluding carboxylic acids is 7. The third-order valence-electron chi connectivity index (χ3n) is 10.7. The van der Waals surface area contributed by atoms with Crippen molar-refractivity contribution in [2.45, 2.75) is 108 Å². The second kappa shape index (κ2) is 19.0. The number of nitrogens with one attached hydrogen (secondary N) is 4. The van der Waals surface area contributed by atoms with Gasteiger partial charge in [-0.1, -0.05) is 25.5 Å². The number of likely N-dealkylation sites (N-methyl/N-ethyl adjacent to an activating group) is 1. The van der Waals surface area contributed by atoms with E-state index in [1.807, 2.05) is 12.1 Å². The van der Waals surface area contributed by atoms with Gasteiger partial charge in [-0.3, -0.25) is 24.0 Å². The lowest BCUT2D eigenvalue weighted by molar-refractivity contribution is -0.157. The molecule has 3 saturated heterocycles. The van der Waals surface area contributed by atoms with Crippen LogP contribution < -0.4 is 21.3 Å². The molecule has 4 N–H and O–H groups in total. The Balaban J connectivity index is 1.43. The van der Waals surface area contributed by atoms with E-state index in [2.05, 4.69) is 28.2 Å². The molecule has 0 aliphatic carbocycles. The third kappa shape index (κ3) is 10.6. The van der Waals surface area contributed by atoms with Crippen LogP contribution in [0.3, 0.4) is 0 Å². The van der Waals surface area contributed by atoms with Gasteiger partial charge in [0.05, 0.1) is 0 Å². The van der Waals surface area contributed by atoms with Gasteiger partial charge in [-0.25, -0.2) is 18.4 Å². The van der Waals surface area contributed by atoms with Gasteiger partial charge in [0, 0.05) is 38.3 Å². The number of hydrogen-bond donors (Lipinski definition) is 4. The Labute approximate surface area is 330 Å². The summed E-state index contributed by atoms with van der Waals surface area (Å²) in [5, 5.41) is 10.4. The maximum atomic E-state index is 14.3. The first-order valence-electron chi connectivity index (χ1n) is 19.4. The highest BCUT2D eigenvalue weighted by Gasteiger charge is 2.43. The number of carbonyl (C=O) groups is 7. The quantitative estimate of drug-likeness (QED) is 0.279. The number of hydrogen-bond acceptors (Lipinski definition) is 8. The zero-order valence-electron chi connectivity index (χ0n) is 32.6. The molecule has 2 aromatic rings. The zero-order valence-corrected chi connectivity index (χ0v) is 32.6. The Morgan fingerprint density at radius 2 is 1.51 bits per heavy atom. The van der Waals surface area contributed by atoms with Crippen molar-refractivity contribution in [2.75, 3.05) is 32.1 Å². The van der Waals surface area contributed by atoms with Crippen LogP contribution in [0.15, 0.2) is 42.5 Å². The lowest BCUT2D eigenvalue weighted by atomic mass is 10.0. The first kappa shape index (κ1) is 42.5. The average molecular weight is 796 g/mol. The van der Waals surface area contributed by atoms with Crippen LogP contribution in [0.2, 0.25) is 0 Å². The number of fused-ring (bicyclic) bond motifs is 2. The van der Waals surface area contributed by atoms with Crippen LogP contribution in [0, 0.1) is 11.6 Å². The minimum atomic E-state index is -1.59. The highest BCUT2D eigenvalue weighted by molar-refractivity contribution is 5.98. The number of aryl methyl sites for hydroxylation is 1. The van der Waals surface area contributed by atoms with Crippen molar-refractivity contribution in [3.05, 3.63) is 65.2 Å². The number of halogens is 2. The Kier molecular flexibility index (Phi) is 14.2. The first-order valence-corrected chi connectivity index (χ1v) is 19.4. The van der Waals surface area contributed by atoms with Gasteiger partial charge in [0.2, 0.25) is 29.5 Å². The molecule has 0 saturated carbocycles. The smallest absolute Gasteiger partial charge is 0.328 e. The van der Waals surface area contributed by atoms with Crippen molar-refractivity contribution in [3.63, 3.8) is 0 Å². The summed E-state index contributed by atoms with van der Waals surface area (Å²) in [6.07, 6.45) is 3.84. The normalized spacial score (nSPS) is 24.0. The van der Waals surface area contributed by atoms with Gasteiger partial charge in [0.25, 0.3) is 0 Å². The second-order valence-electron chi connectivity index (χ2n) is 14.9. The number of rotatable bonds is 9. The van der Waals surface area contributed by atoms with Gasteiger partial charge in [0.15, 0.2) is 0 Å². The molecule has 3 heterocycles. The van der Waals surface area contributed by atoms with Crippen molar-refractivity contribution in [3.8, 4) is 0 Å². The summed E-state index contributed by atoms with van der Waals surface area (Å²) >= 11 is 0. The number of esters is 1. The predicted molar refractivity (Wildman–Crippen MR) is 203 cm³/mol. The molecule has 7 amide bonds. The first-order chi connectivity index (χ1) is 27.2. The van der Waals surface area contributed by atoms with Crippen molar-refractivity contribution in [1.82, 2.24) is 30.7 Å². The summed E-state index contributed by atoms with van der Waals surface area (Å²) in [4.78, 5) is 99.4. The molecule has 6 atom stereocenters. The Morgan fingerprint density at radius 1 is 0.877 bits per heavy atom. The standard InChI is InChI=1S/C40H51F2N7O8/c1-5-6-9-25-12-14-29(15-13-25)44-40(56)46-30(20-26-18-27(41)21-28(42)19-26)35(51)45-31-22-57-39(55)33-11-8-17-49(33)36(52)23(2)43-34(50)24(3)47(4)38(54)32-10-7-16-48(32)37(31)53/h12-15,18-19,21,23-24,30-33H,5-11,16-17,20,22H2,1-4H3,(H,43,50)(H,45,51)(H2,44,46,56)/t23-,24-,30-,31?,32-,33-/m0/s1. The Hall–Kier alpha value is -5.61. The molecule has 2 aromatic carbocycles. The van der Waals surface area contributed by atoms with Gasteiger partial charge >= 0.3 is 12.0 Å². The van der Waals surface area contributed by atoms with Crippen LogP contribution in [-0.4, -0.2) is 119 Å². The number of nitrogens with zero attached hydrogens (tertiary/aromatic N) is 3. The molecule has 3 aliphatic heterocycles. The molecular formula is C40H51F2N7O8. The lowest BCUT2D eigenvalue weighted by Gasteiger charge is -2.34. The minimum Gasteiger partial charge on any atom is -0.461 e. The van der Waals surface area contributed by atoms with E-state index < -0.39 is 102 Å². The van der Waals surface area contributed by atoms with Crippen molar-refractivity contribution >= 4 is 47.2 Å². The topological polar surface area (TPSA) is 187 Å².